The van der Waals surface area contributed by atoms with Crippen LogP contribution in [0.4, 0.5) is 0 Å². The molecule has 0 saturated carbocycles. The Balaban J connectivity index is 1.73. The molecule has 0 fully saturated rings. The van der Waals surface area contributed by atoms with Gasteiger partial charge >= 0.3 is 11.9 Å². The molecule has 1 aliphatic heterocycles. The van der Waals surface area contributed by atoms with Gasteiger partial charge in [0.1, 0.15) is 5.75 Å². The molecule has 7 heteroatoms. The van der Waals surface area contributed by atoms with Gasteiger partial charge in [0.15, 0.2) is 5.11 Å². The number of hydrogen-bond acceptors (Lipinski definition) is 5. The van der Waals surface area contributed by atoms with Crippen molar-refractivity contribution >= 4 is 35.3 Å². The molecule has 2 aromatic carbocycles. The summed E-state index contributed by atoms with van der Waals surface area (Å²) in [5, 5.41) is 6.48. The molecule has 0 aliphatic carbocycles. The molecule has 1 unspecified atom stereocenters. The predicted molar refractivity (Wildman–Crippen MR) is 123 cm³/mol. The predicted octanol–water partition coefficient (Wildman–Crippen LogP) is 3.97. The molecule has 0 bridgehead atoms. The van der Waals surface area contributed by atoms with Gasteiger partial charge in [-0.05, 0) is 67.9 Å². The van der Waals surface area contributed by atoms with Gasteiger partial charge in [-0.2, -0.15) is 0 Å². The lowest BCUT2D eigenvalue weighted by molar-refractivity contribution is -0.139. The number of ether oxygens (including phenoxy) is 2. The van der Waals surface area contributed by atoms with Crippen molar-refractivity contribution < 1.29 is 19.1 Å². The quantitative estimate of drug-likeness (QED) is 0.307. The average molecular weight is 437 g/mol. The van der Waals surface area contributed by atoms with Gasteiger partial charge in [0.25, 0.3) is 0 Å². The Morgan fingerprint density at radius 3 is 2.48 bits per heavy atom. The number of nitrogens with one attached hydrogen (secondary N) is 2. The van der Waals surface area contributed by atoms with Crippen molar-refractivity contribution in [3.05, 3.63) is 82.6 Å². The van der Waals surface area contributed by atoms with Crippen molar-refractivity contribution in [1.82, 2.24) is 10.6 Å². The average Bonchev–Trinajstić information content (AvgIpc) is 2.73. The Morgan fingerprint density at radius 1 is 1.10 bits per heavy atom. The number of rotatable bonds is 6. The molecule has 1 aliphatic rings. The van der Waals surface area contributed by atoms with Gasteiger partial charge in [-0.3, -0.25) is 0 Å². The van der Waals surface area contributed by atoms with E-state index in [-0.39, 0.29) is 6.61 Å². The van der Waals surface area contributed by atoms with Crippen LogP contribution in [0, 0.1) is 6.92 Å². The van der Waals surface area contributed by atoms with E-state index in [1.54, 1.807) is 44.2 Å². The maximum absolute atomic E-state index is 12.4. The Morgan fingerprint density at radius 2 is 1.81 bits per heavy atom. The smallest absolute Gasteiger partial charge is 0.338 e. The fourth-order valence-electron chi connectivity index (χ4n) is 3.23. The fraction of sp³-hybridized carbons (Fsp3) is 0.208. The standard InChI is InChI=1S/C24H24N2O4S/c1-4-29-23(28)21-16(3)25-24(31)26-22(21)18-9-12-19(13-10-18)30-20(27)14-11-17-8-6-5-7-15(17)2/h5-14,22H,4H2,1-3H3,(H2,25,26,31)/b14-11+. The minimum Gasteiger partial charge on any atom is -0.463 e. The lowest BCUT2D eigenvalue weighted by atomic mass is 9.95. The number of thiocarbonyl (C=S) groups is 1. The van der Waals surface area contributed by atoms with Crippen LogP contribution in [0.15, 0.2) is 65.9 Å². The molecule has 6 nitrogen and oxygen atoms in total. The maximum atomic E-state index is 12.4. The van der Waals surface area contributed by atoms with Crippen molar-refractivity contribution in [1.29, 1.82) is 0 Å². The monoisotopic (exact) mass is 436 g/mol. The van der Waals surface area contributed by atoms with Gasteiger partial charge in [0.2, 0.25) is 0 Å². The van der Waals surface area contributed by atoms with Gasteiger partial charge < -0.3 is 20.1 Å². The van der Waals surface area contributed by atoms with Crippen LogP contribution in [-0.4, -0.2) is 23.7 Å². The molecule has 2 N–H and O–H groups in total. The van der Waals surface area contributed by atoms with Crippen LogP contribution in [0.3, 0.4) is 0 Å². The number of esters is 2. The van der Waals surface area contributed by atoms with E-state index in [0.717, 1.165) is 16.7 Å². The molecule has 0 aromatic heterocycles. The zero-order valence-corrected chi connectivity index (χ0v) is 18.4. The summed E-state index contributed by atoms with van der Waals surface area (Å²) in [5.74, 6) is -0.484. The number of benzene rings is 2. The number of aryl methyl sites for hydroxylation is 1. The summed E-state index contributed by atoms with van der Waals surface area (Å²) in [5.41, 5.74) is 3.92. The number of allylic oxidation sites excluding steroid dienone is 1. The van der Waals surface area contributed by atoms with Crippen molar-refractivity contribution in [3.63, 3.8) is 0 Å². The van der Waals surface area contributed by atoms with E-state index in [0.29, 0.717) is 22.1 Å². The molecule has 1 atom stereocenters. The second-order valence-electron chi connectivity index (χ2n) is 6.97. The van der Waals surface area contributed by atoms with Gasteiger partial charge in [-0.1, -0.05) is 36.4 Å². The van der Waals surface area contributed by atoms with Crippen molar-refractivity contribution in [2.75, 3.05) is 6.61 Å². The zero-order valence-electron chi connectivity index (χ0n) is 17.6. The molecular weight excluding hydrogens is 412 g/mol. The summed E-state index contributed by atoms with van der Waals surface area (Å²) in [6, 6.07) is 14.2. The molecule has 2 aromatic rings. The first-order valence-corrected chi connectivity index (χ1v) is 10.3. The lowest BCUT2D eigenvalue weighted by Crippen LogP contribution is -2.45. The molecule has 0 saturated heterocycles. The SMILES string of the molecule is CCOC(=O)C1=C(C)NC(=S)NC1c1ccc(OC(=O)/C=C/c2ccccc2C)cc1. The summed E-state index contributed by atoms with van der Waals surface area (Å²) in [7, 11) is 0. The van der Waals surface area contributed by atoms with E-state index in [9.17, 15) is 9.59 Å². The third-order valence-electron chi connectivity index (χ3n) is 4.78. The third-order valence-corrected chi connectivity index (χ3v) is 5.00. The Hall–Kier alpha value is -3.45. The molecule has 3 rings (SSSR count). The summed E-state index contributed by atoms with van der Waals surface area (Å²) in [6.07, 6.45) is 3.12. The number of hydrogen-bond donors (Lipinski definition) is 2. The van der Waals surface area contributed by atoms with Crippen LogP contribution >= 0.6 is 12.2 Å². The van der Waals surface area contributed by atoms with Crippen LogP contribution < -0.4 is 15.4 Å². The molecular formula is C24H24N2O4S. The summed E-state index contributed by atoms with van der Waals surface area (Å²) in [6.45, 7) is 5.79. The third kappa shape index (κ3) is 5.58. The maximum Gasteiger partial charge on any atom is 0.338 e. The Labute approximate surface area is 186 Å². The van der Waals surface area contributed by atoms with Crippen LogP contribution in [0.5, 0.6) is 5.75 Å². The normalized spacial score (nSPS) is 16.0. The second-order valence-corrected chi connectivity index (χ2v) is 7.38. The highest BCUT2D eigenvalue weighted by Gasteiger charge is 2.30. The van der Waals surface area contributed by atoms with Gasteiger partial charge in [-0.25, -0.2) is 9.59 Å². The lowest BCUT2D eigenvalue weighted by Gasteiger charge is -2.29. The molecule has 160 valence electrons. The van der Waals surface area contributed by atoms with Crippen molar-refractivity contribution in [2.45, 2.75) is 26.8 Å². The van der Waals surface area contributed by atoms with Crippen LogP contribution in [-0.2, 0) is 14.3 Å². The molecule has 1 heterocycles. The Kier molecular flexibility index (Phi) is 7.20. The highest BCUT2D eigenvalue weighted by Crippen LogP contribution is 2.29. The van der Waals surface area contributed by atoms with Gasteiger partial charge in [-0.15, -0.1) is 0 Å². The van der Waals surface area contributed by atoms with Crippen molar-refractivity contribution in [2.24, 2.45) is 0 Å². The van der Waals surface area contributed by atoms with E-state index in [4.69, 9.17) is 21.7 Å². The van der Waals surface area contributed by atoms with Crippen LogP contribution in [0.1, 0.15) is 36.6 Å². The zero-order chi connectivity index (χ0) is 22.4. The molecule has 31 heavy (non-hydrogen) atoms. The topological polar surface area (TPSA) is 76.7 Å². The van der Waals surface area contributed by atoms with Gasteiger partial charge in [0, 0.05) is 11.8 Å². The minimum atomic E-state index is -0.472. The summed E-state index contributed by atoms with van der Waals surface area (Å²) >= 11 is 5.24. The summed E-state index contributed by atoms with van der Waals surface area (Å²) in [4.78, 5) is 24.6. The first-order valence-electron chi connectivity index (χ1n) is 9.90. The fourth-order valence-corrected chi connectivity index (χ4v) is 3.50. The summed E-state index contributed by atoms with van der Waals surface area (Å²) < 4.78 is 10.6. The van der Waals surface area contributed by atoms with E-state index in [2.05, 4.69) is 10.6 Å². The second kappa shape index (κ2) is 10.0. The van der Waals surface area contributed by atoms with E-state index in [1.165, 1.54) is 6.08 Å². The highest BCUT2D eigenvalue weighted by molar-refractivity contribution is 7.80. The first kappa shape index (κ1) is 22.2. The van der Waals surface area contributed by atoms with E-state index >= 15 is 0 Å². The largest absolute Gasteiger partial charge is 0.463 e. The van der Waals surface area contributed by atoms with E-state index < -0.39 is 18.0 Å². The first-order chi connectivity index (χ1) is 14.9. The Bertz CT molecular complexity index is 1060. The molecule has 0 spiro atoms. The number of carbonyl (C=O) groups is 2. The molecule has 0 radical (unpaired) electrons. The van der Waals surface area contributed by atoms with Crippen molar-refractivity contribution in [3.8, 4) is 5.75 Å². The van der Waals surface area contributed by atoms with Gasteiger partial charge in [0.05, 0.1) is 18.2 Å². The number of carbonyl (C=O) groups excluding carboxylic acids is 2. The van der Waals surface area contributed by atoms with Crippen LogP contribution in [0.2, 0.25) is 0 Å². The van der Waals surface area contributed by atoms with Crippen LogP contribution in [0.25, 0.3) is 6.08 Å². The molecule has 0 amide bonds. The minimum absolute atomic E-state index is 0.275. The van der Waals surface area contributed by atoms with E-state index in [1.807, 2.05) is 31.2 Å². The highest BCUT2D eigenvalue weighted by atomic mass is 32.1.